The molecule has 0 amide bonds. The van der Waals surface area contributed by atoms with Gasteiger partial charge < -0.3 is 19.3 Å². The van der Waals surface area contributed by atoms with Crippen molar-refractivity contribution in [3.05, 3.63) is 12.4 Å². The van der Waals surface area contributed by atoms with E-state index >= 15 is 0 Å². The van der Waals surface area contributed by atoms with Crippen molar-refractivity contribution in [1.29, 1.82) is 0 Å². The monoisotopic (exact) mass is 345 g/mol. The summed E-state index contributed by atoms with van der Waals surface area (Å²) in [7, 11) is -0.632. The fourth-order valence-electron chi connectivity index (χ4n) is 2.50. The second kappa shape index (κ2) is 5.06. The maximum Gasteiger partial charge on any atom is 0.498 e. The molecule has 24 heavy (non-hydrogen) atoms. The average Bonchev–Trinajstić information content (AvgIpc) is 2.63. The Morgan fingerprint density at radius 2 is 1.54 bits per heavy atom. The molecule has 2 saturated heterocycles. The molecule has 0 aliphatic carbocycles. The third-order valence-electron chi connectivity index (χ3n) is 4.90. The van der Waals surface area contributed by atoms with Gasteiger partial charge in [-0.3, -0.25) is 0 Å². The third-order valence-corrected chi connectivity index (χ3v) is 4.90. The van der Waals surface area contributed by atoms with E-state index in [1.807, 2.05) is 27.7 Å². The Morgan fingerprint density at radius 1 is 1.08 bits per heavy atom. The molecule has 0 atom stereocenters. The van der Waals surface area contributed by atoms with E-state index in [9.17, 15) is 18.3 Å². The highest BCUT2D eigenvalue weighted by atomic mass is 19.4. The summed E-state index contributed by atoms with van der Waals surface area (Å²) in [5, 5.41) is 9.46. The number of β-amino-alcohol motifs (C(OH)–C–C–N with tert-alkyl or cyclic N) is 1. The fraction of sp³-hybridized carbons (Fsp3) is 0.714. The zero-order chi connectivity index (χ0) is 18.0. The van der Waals surface area contributed by atoms with E-state index in [0.717, 1.165) is 0 Å². The highest BCUT2D eigenvalue weighted by Gasteiger charge is 2.61. The summed E-state index contributed by atoms with van der Waals surface area (Å²) in [5.41, 5.74) is -3.11. The molecule has 0 unspecified atom stereocenters. The molecular weight excluding hydrogens is 326 g/mol. The molecule has 1 N–H and O–H groups in total. The lowest BCUT2D eigenvalue weighted by atomic mass is 9.81. The van der Waals surface area contributed by atoms with Crippen molar-refractivity contribution < 1.29 is 27.6 Å². The Morgan fingerprint density at radius 3 is 1.96 bits per heavy atom. The van der Waals surface area contributed by atoms with Crippen LogP contribution in [0.2, 0.25) is 0 Å². The van der Waals surface area contributed by atoms with Gasteiger partial charge in [0.15, 0.2) is 5.60 Å². The summed E-state index contributed by atoms with van der Waals surface area (Å²) < 4.78 is 49.6. The predicted octanol–water partition coefficient (Wildman–Crippen LogP) is 0.889. The second-order valence-corrected chi connectivity index (χ2v) is 7.29. The van der Waals surface area contributed by atoms with Crippen molar-refractivity contribution in [2.24, 2.45) is 0 Å². The van der Waals surface area contributed by atoms with Crippen LogP contribution in [0.1, 0.15) is 27.7 Å². The first-order valence-corrected chi connectivity index (χ1v) is 7.56. The van der Waals surface area contributed by atoms with E-state index in [-0.39, 0.29) is 5.95 Å². The van der Waals surface area contributed by atoms with Crippen LogP contribution in [0.3, 0.4) is 0 Å². The lowest BCUT2D eigenvalue weighted by Gasteiger charge is -2.46. The average molecular weight is 345 g/mol. The van der Waals surface area contributed by atoms with Crippen molar-refractivity contribution in [3.63, 3.8) is 0 Å². The van der Waals surface area contributed by atoms with E-state index in [0.29, 0.717) is 5.46 Å². The second-order valence-electron chi connectivity index (χ2n) is 7.29. The number of anilines is 1. The van der Waals surface area contributed by atoms with Gasteiger partial charge in [0, 0.05) is 17.9 Å². The quantitative estimate of drug-likeness (QED) is 0.803. The van der Waals surface area contributed by atoms with Crippen LogP contribution in [0.25, 0.3) is 0 Å². The van der Waals surface area contributed by atoms with Crippen molar-refractivity contribution >= 4 is 18.5 Å². The zero-order valence-corrected chi connectivity index (χ0v) is 13.9. The molecule has 1 aromatic rings. The summed E-state index contributed by atoms with van der Waals surface area (Å²) in [6.45, 7) is 6.51. The van der Waals surface area contributed by atoms with Gasteiger partial charge in [0.25, 0.3) is 0 Å². The largest absolute Gasteiger partial charge is 0.498 e. The highest BCUT2D eigenvalue weighted by molar-refractivity contribution is 6.61. The summed E-state index contributed by atoms with van der Waals surface area (Å²) >= 11 is 0. The summed E-state index contributed by atoms with van der Waals surface area (Å²) in [5.74, 6) is 0.129. The van der Waals surface area contributed by atoms with Crippen LogP contribution in [-0.4, -0.2) is 58.3 Å². The lowest BCUT2D eigenvalue weighted by Crippen LogP contribution is -2.69. The SMILES string of the molecule is CC1(C)OB(c2cnc(N3CC(O)(C(F)(F)F)C3)nc2)OC1(C)C. The first-order valence-electron chi connectivity index (χ1n) is 7.56. The Kier molecular flexibility index (Phi) is 3.68. The van der Waals surface area contributed by atoms with E-state index in [4.69, 9.17) is 9.31 Å². The first-order chi connectivity index (χ1) is 10.8. The molecule has 132 valence electrons. The molecule has 3 rings (SSSR count). The molecular formula is C14H19BF3N3O3. The van der Waals surface area contributed by atoms with Gasteiger partial charge in [0.2, 0.25) is 5.95 Å². The maximum absolute atomic E-state index is 12.6. The molecule has 3 heterocycles. The number of aromatic nitrogens is 2. The summed E-state index contributed by atoms with van der Waals surface area (Å²) in [4.78, 5) is 9.39. The number of halogens is 3. The van der Waals surface area contributed by atoms with E-state index in [2.05, 4.69) is 9.97 Å². The van der Waals surface area contributed by atoms with Gasteiger partial charge in [0.05, 0.1) is 24.3 Å². The molecule has 0 aromatic carbocycles. The third kappa shape index (κ3) is 2.66. The van der Waals surface area contributed by atoms with Gasteiger partial charge in [-0.1, -0.05) is 0 Å². The van der Waals surface area contributed by atoms with Gasteiger partial charge >= 0.3 is 13.3 Å². The van der Waals surface area contributed by atoms with Gasteiger partial charge in [0.1, 0.15) is 0 Å². The van der Waals surface area contributed by atoms with Crippen molar-refractivity contribution in [3.8, 4) is 0 Å². The van der Waals surface area contributed by atoms with Crippen LogP contribution in [0.4, 0.5) is 19.1 Å². The van der Waals surface area contributed by atoms with Crippen LogP contribution < -0.4 is 10.4 Å². The molecule has 0 spiro atoms. The van der Waals surface area contributed by atoms with Gasteiger partial charge in [-0.25, -0.2) is 9.97 Å². The number of rotatable bonds is 2. The smallest absolute Gasteiger partial charge is 0.399 e. The van der Waals surface area contributed by atoms with Crippen LogP contribution in [0.5, 0.6) is 0 Å². The number of hydrogen-bond donors (Lipinski definition) is 1. The molecule has 0 saturated carbocycles. The Bertz CT molecular complexity index is 614. The summed E-state index contributed by atoms with van der Waals surface area (Å²) in [6.07, 6.45) is -1.73. The maximum atomic E-state index is 12.6. The van der Waals surface area contributed by atoms with E-state index < -0.39 is 43.2 Å². The molecule has 6 nitrogen and oxygen atoms in total. The highest BCUT2D eigenvalue weighted by Crippen LogP contribution is 2.39. The lowest BCUT2D eigenvalue weighted by molar-refractivity contribution is -0.267. The summed E-state index contributed by atoms with van der Waals surface area (Å²) in [6, 6.07) is 0. The minimum absolute atomic E-state index is 0.129. The van der Waals surface area contributed by atoms with Crippen molar-refractivity contribution in [1.82, 2.24) is 9.97 Å². The standard InChI is InChI=1S/C14H19BF3N3O3/c1-11(2)12(3,4)24-15(23-11)9-5-19-10(20-6-9)21-7-13(22,8-21)14(16,17)18/h5-6,22H,7-8H2,1-4H3. The van der Waals surface area contributed by atoms with Gasteiger partial charge in [-0.2, -0.15) is 13.2 Å². The minimum Gasteiger partial charge on any atom is -0.399 e. The Balaban J connectivity index is 1.68. The zero-order valence-electron chi connectivity index (χ0n) is 13.9. The van der Waals surface area contributed by atoms with E-state index in [1.165, 1.54) is 17.3 Å². The minimum atomic E-state index is -4.66. The molecule has 2 aliphatic rings. The van der Waals surface area contributed by atoms with Crippen LogP contribution in [0, 0.1) is 0 Å². The number of alkyl halides is 3. The first kappa shape index (κ1) is 17.4. The molecule has 2 fully saturated rings. The van der Waals surface area contributed by atoms with Crippen LogP contribution in [-0.2, 0) is 9.31 Å². The molecule has 10 heteroatoms. The fourth-order valence-corrected chi connectivity index (χ4v) is 2.50. The topological polar surface area (TPSA) is 67.7 Å². The molecule has 1 aromatic heterocycles. The van der Waals surface area contributed by atoms with Crippen molar-refractivity contribution in [2.75, 3.05) is 18.0 Å². The van der Waals surface area contributed by atoms with Crippen LogP contribution >= 0.6 is 0 Å². The van der Waals surface area contributed by atoms with Gasteiger partial charge in [-0.05, 0) is 27.7 Å². The normalized spacial score (nSPS) is 24.8. The number of hydrogen-bond acceptors (Lipinski definition) is 6. The molecule has 0 bridgehead atoms. The van der Waals surface area contributed by atoms with Gasteiger partial charge in [-0.15, -0.1) is 0 Å². The molecule has 0 radical (unpaired) electrons. The van der Waals surface area contributed by atoms with E-state index in [1.54, 1.807) is 0 Å². The number of aliphatic hydroxyl groups is 1. The Hall–Kier alpha value is -1.39. The predicted molar refractivity (Wildman–Crippen MR) is 81.0 cm³/mol. The number of nitrogens with zero attached hydrogens (tertiary/aromatic N) is 3. The molecule has 2 aliphatic heterocycles. The van der Waals surface area contributed by atoms with Crippen LogP contribution in [0.15, 0.2) is 12.4 Å². The van der Waals surface area contributed by atoms with Crippen molar-refractivity contribution in [2.45, 2.75) is 50.7 Å². The Labute approximate surface area is 138 Å².